The molecule has 0 saturated heterocycles. The second kappa shape index (κ2) is 7.02. The zero-order valence-electron chi connectivity index (χ0n) is 12.8. The highest BCUT2D eigenvalue weighted by atomic mass is 16.5. The van der Waals surface area contributed by atoms with Crippen LogP contribution in [0.15, 0.2) is 47.1 Å². The molecule has 2 heterocycles. The molecule has 0 spiro atoms. The van der Waals surface area contributed by atoms with Crippen LogP contribution in [0.1, 0.15) is 16.8 Å². The van der Waals surface area contributed by atoms with Crippen LogP contribution in [0, 0.1) is 0 Å². The molecule has 0 aliphatic rings. The third kappa shape index (κ3) is 3.54. The van der Waals surface area contributed by atoms with Gasteiger partial charge >= 0.3 is 0 Å². The summed E-state index contributed by atoms with van der Waals surface area (Å²) in [5.74, 6) is 0.386. The Hall–Kier alpha value is -2.73. The molecular weight excluding hydrogens is 294 g/mol. The Kier molecular flexibility index (Phi) is 4.63. The van der Waals surface area contributed by atoms with Gasteiger partial charge in [-0.3, -0.25) is 9.78 Å². The Morgan fingerprint density at radius 1 is 1.26 bits per heavy atom. The maximum atomic E-state index is 12.1. The number of rotatable bonds is 6. The summed E-state index contributed by atoms with van der Waals surface area (Å²) < 4.78 is 10.7. The summed E-state index contributed by atoms with van der Waals surface area (Å²) in [5, 5.41) is 2.85. The van der Waals surface area contributed by atoms with Crippen molar-refractivity contribution in [3.05, 3.63) is 48.3 Å². The predicted octanol–water partition coefficient (Wildman–Crippen LogP) is 2.66. The molecule has 23 heavy (non-hydrogen) atoms. The molecule has 1 amide bonds. The number of amides is 1. The van der Waals surface area contributed by atoms with E-state index in [1.165, 1.54) is 0 Å². The molecule has 1 aromatic carbocycles. The van der Waals surface area contributed by atoms with Gasteiger partial charge in [0.1, 0.15) is 5.52 Å². The standard InChI is InChI=1S/C17H17N3O3/c1-22-10-2-7-19-16(21)13-3-4-15-14(11-13)20-17(23-15)12-5-8-18-9-6-12/h3-6,8-9,11H,2,7,10H2,1H3,(H,19,21). The first-order valence-corrected chi connectivity index (χ1v) is 7.36. The second-order valence-corrected chi connectivity index (χ2v) is 5.04. The van der Waals surface area contributed by atoms with Crippen LogP contribution >= 0.6 is 0 Å². The van der Waals surface area contributed by atoms with E-state index < -0.39 is 0 Å². The van der Waals surface area contributed by atoms with Crippen LogP contribution in [0.3, 0.4) is 0 Å². The minimum atomic E-state index is -0.128. The lowest BCUT2D eigenvalue weighted by molar-refractivity contribution is 0.0948. The number of nitrogens with zero attached hydrogens (tertiary/aromatic N) is 2. The van der Waals surface area contributed by atoms with Gasteiger partial charge in [0.15, 0.2) is 5.58 Å². The van der Waals surface area contributed by atoms with E-state index in [9.17, 15) is 4.79 Å². The summed E-state index contributed by atoms with van der Waals surface area (Å²) >= 11 is 0. The van der Waals surface area contributed by atoms with E-state index in [4.69, 9.17) is 9.15 Å². The van der Waals surface area contributed by atoms with Crippen LogP contribution in [0.4, 0.5) is 0 Å². The number of carbonyl (C=O) groups is 1. The fourth-order valence-corrected chi connectivity index (χ4v) is 2.21. The highest BCUT2D eigenvalue weighted by Gasteiger charge is 2.11. The van der Waals surface area contributed by atoms with Gasteiger partial charge in [-0.2, -0.15) is 0 Å². The number of aromatic nitrogens is 2. The van der Waals surface area contributed by atoms with Crippen molar-refractivity contribution in [3.8, 4) is 11.5 Å². The number of hydrogen-bond acceptors (Lipinski definition) is 5. The molecule has 0 atom stereocenters. The van der Waals surface area contributed by atoms with Crippen molar-refractivity contribution in [2.24, 2.45) is 0 Å². The van der Waals surface area contributed by atoms with Crippen molar-refractivity contribution < 1.29 is 13.9 Å². The number of benzene rings is 1. The molecule has 1 N–H and O–H groups in total. The van der Waals surface area contributed by atoms with Crippen molar-refractivity contribution >= 4 is 17.0 Å². The van der Waals surface area contributed by atoms with Gasteiger partial charge in [-0.15, -0.1) is 0 Å². The Balaban J connectivity index is 1.78. The average molecular weight is 311 g/mol. The van der Waals surface area contributed by atoms with Gasteiger partial charge in [-0.25, -0.2) is 4.98 Å². The minimum absolute atomic E-state index is 0.128. The zero-order chi connectivity index (χ0) is 16.1. The molecule has 3 aromatic rings. The Morgan fingerprint density at radius 2 is 2.09 bits per heavy atom. The van der Waals surface area contributed by atoms with Crippen LogP contribution in [0.25, 0.3) is 22.6 Å². The third-order valence-electron chi connectivity index (χ3n) is 3.39. The van der Waals surface area contributed by atoms with Crippen LogP contribution in [0.5, 0.6) is 0 Å². The molecule has 0 aliphatic carbocycles. The minimum Gasteiger partial charge on any atom is -0.436 e. The molecule has 0 fully saturated rings. The normalized spacial score (nSPS) is 10.8. The first kappa shape index (κ1) is 15.2. The van der Waals surface area contributed by atoms with Crippen molar-refractivity contribution in [1.82, 2.24) is 15.3 Å². The number of pyridine rings is 1. The largest absolute Gasteiger partial charge is 0.436 e. The van der Waals surface area contributed by atoms with Gasteiger partial charge in [0, 0.05) is 43.8 Å². The lowest BCUT2D eigenvalue weighted by Gasteiger charge is -2.04. The monoisotopic (exact) mass is 311 g/mol. The van der Waals surface area contributed by atoms with E-state index in [2.05, 4.69) is 15.3 Å². The summed E-state index contributed by atoms with van der Waals surface area (Å²) in [6.07, 6.45) is 4.15. The molecular formula is C17H17N3O3. The molecule has 0 aliphatic heterocycles. The van der Waals surface area contributed by atoms with Gasteiger partial charge in [-0.1, -0.05) is 0 Å². The van der Waals surface area contributed by atoms with Crippen molar-refractivity contribution in [2.45, 2.75) is 6.42 Å². The molecule has 0 radical (unpaired) electrons. The molecule has 0 saturated carbocycles. The van der Waals surface area contributed by atoms with E-state index >= 15 is 0 Å². The SMILES string of the molecule is COCCCNC(=O)c1ccc2oc(-c3ccncc3)nc2c1. The highest BCUT2D eigenvalue weighted by molar-refractivity contribution is 5.97. The molecule has 0 bridgehead atoms. The first-order chi connectivity index (χ1) is 11.3. The molecule has 3 rings (SSSR count). The maximum Gasteiger partial charge on any atom is 0.251 e. The topological polar surface area (TPSA) is 77.2 Å². The van der Waals surface area contributed by atoms with Gasteiger partial charge in [0.2, 0.25) is 5.89 Å². The predicted molar refractivity (Wildman–Crippen MR) is 86.1 cm³/mol. The van der Waals surface area contributed by atoms with Crippen LogP contribution in [-0.2, 0) is 4.74 Å². The average Bonchev–Trinajstić information content (AvgIpc) is 3.02. The second-order valence-electron chi connectivity index (χ2n) is 5.04. The number of methoxy groups -OCH3 is 1. The molecule has 6 nitrogen and oxygen atoms in total. The lowest BCUT2D eigenvalue weighted by Crippen LogP contribution is -2.25. The number of nitrogens with one attached hydrogen (secondary N) is 1. The number of carbonyl (C=O) groups excluding carboxylic acids is 1. The van der Waals surface area contributed by atoms with Crippen LogP contribution < -0.4 is 5.32 Å². The lowest BCUT2D eigenvalue weighted by atomic mass is 10.2. The highest BCUT2D eigenvalue weighted by Crippen LogP contribution is 2.24. The molecule has 6 heteroatoms. The summed E-state index contributed by atoms with van der Waals surface area (Å²) in [6, 6.07) is 8.88. The molecule has 0 unspecified atom stereocenters. The fraction of sp³-hybridized carbons (Fsp3) is 0.235. The van der Waals surface area contributed by atoms with E-state index in [0.29, 0.717) is 35.7 Å². The smallest absolute Gasteiger partial charge is 0.251 e. The summed E-state index contributed by atoms with van der Waals surface area (Å²) in [6.45, 7) is 1.20. The molecule has 2 aromatic heterocycles. The van der Waals surface area contributed by atoms with E-state index in [1.807, 2.05) is 12.1 Å². The Labute approximate surface area is 133 Å². The quantitative estimate of drug-likeness (QED) is 0.708. The van der Waals surface area contributed by atoms with Gasteiger partial charge in [0.05, 0.1) is 0 Å². The summed E-state index contributed by atoms with van der Waals surface area (Å²) in [7, 11) is 1.64. The Morgan fingerprint density at radius 3 is 2.87 bits per heavy atom. The van der Waals surface area contributed by atoms with E-state index in [1.54, 1.807) is 37.7 Å². The van der Waals surface area contributed by atoms with Crippen LogP contribution in [-0.4, -0.2) is 36.1 Å². The van der Waals surface area contributed by atoms with E-state index in [-0.39, 0.29) is 5.91 Å². The Bertz CT molecular complexity index is 799. The zero-order valence-corrected chi connectivity index (χ0v) is 12.8. The number of hydrogen-bond donors (Lipinski definition) is 1. The van der Waals surface area contributed by atoms with Gasteiger partial charge in [0.25, 0.3) is 5.91 Å². The van der Waals surface area contributed by atoms with E-state index in [0.717, 1.165) is 12.0 Å². The van der Waals surface area contributed by atoms with Crippen LogP contribution in [0.2, 0.25) is 0 Å². The van der Waals surface area contributed by atoms with Crippen molar-refractivity contribution in [3.63, 3.8) is 0 Å². The summed E-state index contributed by atoms with van der Waals surface area (Å²) in [4.78, 5) is 20.5. The number of oxazole rings is 1. The molecule has 118 valence electrons. The fourth-order valence-electron chi connectivity index (χ4n) is 2.21. The third-order valence-corrected chi connectivity index (χ3v) is 3.39. The number of ether oxygens (including phenoxy) is 1. The van der Waals surface area contributed by atoms with Crippen molar-refractivity contribution in [1.29, 1.82) is 0 Å². The van der Waals surface area contributed by atoms with Gasteiger partial charge < -0.3 is 14.5 Å². The first-order valence-electron chi connectivity index (χ1n) is 7.36. The maximum absolute atomic E-state index is 12.1. The number of fused-ring (bicyclic) bond motifs is 1. The van der Waals surface area contributed by atoms with Gasteiger partial charge in [-0.05, 0) is 36.8 Å². The van der Waals surface area contributed by atoms with Crippen molar-refractivity contribution in [2.75, 3.05) is 20.3 Å². The summed E-state index contributed by atoms with van der Waals surface area (Å²) in [5.41, 5.74) is 2.71.